The van der Waals surface area contributed by atoms with Gasteiger partial charge in [-0.2, -0.15) is 10.4 Å². The molecule has 0 aliphatic carbocycles. The zero-order chi connectivity index (χ0) is 12.4. The molecule has 0 N–H and O–H groups in total. The first-order valence-corrected chi connectivity index (χ1v) is 5.50. The molecule has 5 nitrogen and oxygen atoms in total. The highest BCUT2D eigenvalue weighted by Crippen LogP contribution is 2.24. The Morgan fingerprint density at radius 1 is 1.28 bits per heavy atom. The summed E-state index contributed by atoms with van der Waals surface area (Å²) in [6.45, 7) is 0. The van der Waals surface area contributed by atoms with Crippen LogP contribution in [0.3, 0.4) is 0 Å². The average Bonchev–Trinajstić information content (AvgIpc) is 2.80. The fourth-order valence-corrected chi connectivity index (χ4v) is 1.91. The number of pyridine rings is 1. The molecular weight excluding hydrogens is 226 g/mol. The van der Waals surface area contributed by atoms with E-state index in [2.05, 4.69) is 21.1 Å². The number of rotatable bonds is 2. The minimum absolute atomic E-state index is 0.282. The first kappa shape index (κ1) is 10.4. The molecule has 0 radical (unpaired) electrons. The van der Waals surface area contributed by atoms with Crippen molar-refractivity contribution in [2.75, 3.05) is 0 Å². The van der Waals surface area contributed by atoms with Gasteiger partial charge in [-0.1, -0.05) is 0 Å². The van der Waals surface area contributed by atoms with Crippen molar-refractivity contribution in [2.24, 2.45) is 0 Å². The summed E-state index contributed by atoms with van der Waals surface area (Å²) >= 11 is 0. The second-order valence-electron chi connectivity index (χ2n) is 3.79. The van der Waals surface area contributed by atoms with E-state index in [1.807, 2.05) is 24.4 Å². The third-order valence-corrected chi connectivity index (χ3v) is 2.68. The molecule has 0 fully saturated rings. The molecule has 0 aromatic carbocycles. The number of aromatic nitrogens is 4. The van der Waals surface area contributed by atoms with Crippen LogP contribution < -0.4 is 0 Å². The SMILES string of the molecule is N#CCc1c(-c2cccnc2)nn2cccnc12. The van der Waals surface area contributed by atoms with E-state index in [9.17, 15) is 0 Å². The highest BCUT2D eigenvalue weighted by Gasteiger charge is 2.14. The van der Waals surface area contributed by atoms with Crippen LogP contribution in [0.15, 0.2) is 43.0 Å². The van der Waals surface area contributed by atoms with Gasteiger partial charge in [-0.3, -0.25) is 4.98 Å². The van der Waals surface area contributed by atoms with E-state index >= 15 is 0 Å². The van der Waals surface area contributed by atoms with Crippen LogP contribution in [0, 0.1) is 11.3 Å². The summed E-state index contributed by atoms with van der Waals surface area (Å²) in [5.74, 6) is 0. The van der Waals surface area contributed by atoms with Gasteiger partial charge in [-0.05, 0) is 18.2 Å². The maximum atomic E-state index is 8.94. The molecular formula is C13H9N5. The zero-order valence-electron chi connectivity index (χ0n) is 9.48. The Bertz CT molecular complexity index is 724. The minimum Gasteiger partial charge on any atom is -0.264 e. The zero-order valence-corrected chi connectivity index (χ0v) is 9.48. The molecule has 0 spiro atoms. The van der Waals surface area contributed by atoms with Crippen LogP contribution in [0.5, 0.6) is 0 Å². The summed E-state index contributed by atoms with van der Waals surface area (Å²) in [6, 6.07) is 7.74. The summed E-state index contributed by atoms with van der Waals surface area (Å²) in [7, 11) is 0. The topological polar surface area (TPSA) is 66.9 Å². The Hall–Kier alpha value is -2.74. The van der Waals surface area contributed by atoms with E-state index in [0.717, 1.165) is 22.5 Å². The van der Waals surface area contributed by atoms with Gasteiger partial charge in [0.15, 0.2) is 5.65 Å². The van der Waals surface area contributed by atoms with Crippen LogP contribution in [0.4, 0.5) is 0 Å². The highest BCUT2D eigenvalue weighted by molar-refractivity contribution is 5.70. The molecule has 0 saturated carbocycles. The van der Waals surface area contributed by atoms with Crippen molar-refractivity contribution in [3.05, 3.63) is 48.5 Å². The Balaban J connectivity index is 2.29. The van der Waals surface area contributed by atoms with E-state index < -0.39 is 0 Å². The number of fused-ring (bicyclic) bond motifs is 1. The van der Waals surface area contributed by atoms with Gasteiger partial charge in [0.2, 0.25) is 0 Å². The first-order valence-electron chi connectivity index (χ1n) is 5.50. The normalized spacial score (nSPS) is 10.4. The predicted octanol–water partition coefficient (Wildman–Crippen LogP) is 1.86. The molecule has 0 aliphatic rings. The Morgan fingerprint density at radius 2 is 2.22 bits per heavy atom. The molecule has 0 bridgehead atoms. The van der Waals surface area contributed by atoms with Gasteiger partial charge in [0, 0.05) is 35.9 Å². The Labute approximate surface area is 103 Å². The van der Waals surface area contributed by atoms with Crippen molar-refractivity contribution < 1.29 is 0 Å². The monoisotopic (exact) mass is 235 g/mol. The van der Waals surface area contributed by atoms with Crippen LogP contribution in [-0.2, 0) is 6.42 Å². The van der Waals surface area contributed by atoms with Crippen molar-refractivity contribution in [3.63, 3.8) is 0 Å². The number of nitriles is 1. The molecule has 0 unspecified atom stereocenters. The standard InChI is InChI=1S/C13H9N5/c14-5-4-11-12(10-3-1-6-15-9-10)17-18-8-2-7-16-13(11)18/h1-3,6-9H,4H2. The quantitative estimate of drug-likeness (QED) is 0.680. The molecule has 3 aromatic rings. The second kappa shape index (κ2) is 4.26. The molecule has 0 amide bonds. The van der Waals surface area contributed by atoms with Gasteiger partial charge >= 0.3 is 0 Å². The van der Waals surface area contributed by atoms with Crippen molar-refractivity contribution in [1.82, 2.24) is 19.6 Å². The van der Waals surface area contributed by atoms with Gasteiger partial charge in [-0.15, -0.1) is 0 Å². The Kier molecular flexibility index (Phi) is 2.47. The Morgan fingerprint density at radius 3 is 3.00 bits per heavy atom. The molecule has 3 heterocycles. The van der Waals surface area contributed by atoms with Gasteiger partial charge in [0.1, 0.15) is 5.69 Å². The van der Waals surface area contributed by atoms with E-state index in [0.29, 0.717) is 0 Å². The summed E-state index contributed by atoms with van der Waals surface area (Å²) in [4.78, 5) is 8.35. The van der Waals surface area contributed by atoms with Crippen molar-refractivity contribution in [3.8, 4) is 17.3 Å². The summed E-state index contributed by atoms with van der Waals surface area (Å²) in [5, 5.41) is 13.4. The number of hydrogen-bond donors (Lipinski definition) is 0. The number of hydrogen-bond acceptors (Lipinski definition) is 4. The van der Waals surface area contributed by atoms with Crippen LogP contribution in [0.1, 0.15) is 5.56 Å². The lowest BCUT2D eigenvalue weighted by Gasteiger charge is -1.97. The number of nitrogens with zero attached hydrogens (tertiary/aromatic N) is 5. The molecule has 18 heavy (non-hydrogen) atoms. The van der Waals surface area contributed by atoms with Crippen molar-refractivity contribution >= 4 is 5.65 Å². The molecule has 5 heteroatoms. The lowest BCUT2D eigenvalue weighted by Crippen LogP contribution is -1.88. The molecule has 0 atom stereocenters. The maximum absolute atomic E-state index is 8.94. The smallest absolute Gasteiger partial charge is 0.159 e. The van der Waals surface area contributed by atoms with E-state index in [1.165, 1.54) is 0 Å². The fraction of sp³-hybridized carbons (Fsp3) is 0.0769. The molecule has 86 valence electrons. The lowest BCUT2D eigenvalue weighted by molar-refractivity contribution is 0.942. The van der Waals surface area contributed by atoms with Gasteiger partial charge < -0.3 is 0 Å². The van der Waals surface area contributed by atoms with Crippen LogP contribution in [-0.4, -0.2) is 19.6 Å². The fourth-order valence-electron chi connectivity index (χ4n) is 1.91. The third kappa shape index (κ3) is 1.60. The largest absolute Gasteiger partial charge is 0.264 e. The maximum Gasteiger partial charge on any atom is 0.159 e. The predicted molar refractivity (Wildman–Crippen MR) is 65.5 cm³/mol. The summed E-state index contributed by atoms with van der Waals surface area (Å²) in [6.07, 6.45) is 7.25. The summed E-state index contributed by atoms with van der Waals surface area (Å²) < 4.78 is 1.69. The van der Waals surface area contributed by atoms with Gasteiger partial charge in [0.25, 0.3) is 0 Å². The van der Waals surface area contributed by atoms with Crippen molar-refractivity contribution in [1.29, 1.82) is 5.26 Å². The molecule has 0 saturated heterocycles. The van der Waals surface area contributed by atoms with Crippen LogP contribution in [0.25, 0.3) is 16.9 Å². The minimum atomic E-state index is 0.282. The molecule has 0 aliphatic heterocycles. The van der Waals surface area contributed by atoms with Crippen LogP contribution in [0.2, 0.25) is 0 Å². The molecule has 3 aromatic heterocycles. The molecule has 3 rings (SSSR count). The van der Waals surface area contributed by atoms with Gasteiger partial charge in [0.05, 0.1) is 12.5 Å². The average molecular weight is 235 g/mol. The van der Waals surface area contributed by atoms with E-state index in [1.54, 1.807) is 23.1 Å². The second-order valence-corrected chi connectivity index (χ2v) is 3.79. The van der Waals surface area contributed by atoms with Crippen molar-refractivity contribution in [2.45, 2.75) is 6.42 Å². The third-order valence-electron chi connectivity index (χ3n) is 2.68. The van der Waals surface area contributed by atoms with Gasteiger partial charge in [-0.25, -0.2) is 9.50 Å². The van der Waals surface area contributed by atoms with E-state index in [4.69, 9.17) is 5.26 Å². The van der Waals surface area contributed by atoms with E-state index in [-0.39, 0.29) is 6.42 Å². The lowest BCUT2D eigenvalue weighted by atomic mass is 10.1. The summed E-state index contributed by atoms with van der Waals surface area (Å²) in [5.41, 5.74) is 3.22. The first-order chi connectivity index (χ1) is 8.90. The van der Waals surface area contributed by atoms with Crippen LogP contribution >= 0.6 is 0 Å². The highest BCUT2D eigenvalue weighted by atomic mass is 15.2.